The summed E-state index contributed by atoms with van der Waals surface area (Å²) in [5.41, 5.74) is 5.45. The summed E-state index contributed by atoms with van der Waals surface area (Å²) in [5, 5.41) is 2.95. The highest BCUT2D eigenvalue weighted by Crippen LogP contribution is 2.23. The maximum Gasteiger partial charge on any atom is 0.224 e. The fourth-order valence-corrected chi connectivity index (χ4v) is 3.48. The number of piperidine rings is 1. The van der Waals surface area contributed by atoms with Crippen LogP contribution in [0.5, 0.6) is 0 Å². The summed E-state index contributed by atoms with van der Waals surface area (Å²) >= 11 is 0. The van der Waals surface area contributed by atoms with Crippen LogP contribution in [-0.2, 0) is 4.79 Å². The van der Waals surface area contributed by atoms with Gasteiger partial charge in [0.2, 0.25) is 5.91 Å². The molecule has 20 heavy (non-hydrogen) atoms. The topological polar surface area (TPSA) is 61.6 Å². The first kappa shape index (κ1) is 15.7. The third-order valence-electron chi connectivity index (χ3n) is 4.70. The summed E-state index contributed by atoms with van der Waals surface area (Å²) < 4.78 is 0. The van der Waals surface area contributed by atoms with Crippen molar-refractivity contribution in [2.75, 3.05) is 46.3 Å². The zero-order valence-corrected chi connectivity index (χ0v) is 12.8. The predicted octanol–water partition coefficient (Wildman–Crippen LogP) is 0.258. The fourth-order valence-electron chi connectivity index (χ4n) is 3.48. The number of hydrogen-bond donors (Lipinski definition) is 2. The number of likely N-dealkylation sites (tertiary alicyclic amines) is 2. The van der Waals surface area contributed by atoms with Gasteiger partial charge in [-0.3, -0.25) is 9.69 Å². The second kappa shape index (κ2) is 7.96. The van der Waals surface area contributed by atoms with Crippen LogP contribution in [0.4, 0.5) is 0 Å². The number of nitrogens with two attached hydrogens (primary N) is 1. The van der Waals surface area contributed by atoms with Crippen LogP contribution >= 0.6 is 0 Å². The first-order valence-corrected chi connectivity index (χ1v) is 8.11. The normalized spacial score (nSPS) is 29.9. The number of hydrogen-bond acceptors (Lipinski definition) is 4. The van der Waals surface area contributed by atoms with Crippen molar-refractivity contribution in [1.82, 2.24) is 15.1 Å². The number of rotatable bonds is 4. The minimum absolute atomic E-state index is 0.163. The van der Waals surface area contributed by atoms with Crippen molar-refractivity contribution in [3.05, 3.63) is 0 Å². The molecule has 0 aromatic heterocycles. The molecule has 2 heterocycles. The molecule has 5 nitrogen and oxygen atoms in total. The number of nitrogens with one attached hydrogen (secondary N) is 1. The molecule has 0 radical (unpaired) electrons. The highest BCUT2D eigenvalue weighted by Gasteiger charge is 2.30. The number of carbonyl (C=O) groups excluding carboxylic acids is 1. The minimum atomic E-state index is 0.163. The standard InChI is InChI=1S/C15H30N4O/c1-18-9-3-5-14(6-11-18)19-10-2-4-13(12-19)15(20)17-8-7-16/h13-14H,2-12,16H2,1H3,(H,17,20). The first-order valence-electron chi connectivity index (χ1n) is 8.11. The molecule has 0 aromatic rings. The molecule has 116 valence electrons. The summed E-state index contributed by atoms with van der Waals surface area (Å²) in [6.07, 6.45) is 5.98. The largest absolute Gasteiger partial charge is 0.355 e. The van der Waals surface area contributed by atoms with Crippen molar-refractivity contribution in [3.8, 4) is 0 Å². The molecular formula is C15H30N4O. The second-order valence-corrected chi connectivity index (χ2v) is 6.30. The summed E-state index contributed by atoms with van der Waals surface area (Å²) in [5.74, 6) is 0.363. The van der Waals surface area contributed by atoms with Crippen LogP contribution in [0.15, 0.2) is 0 Å². The van der Waals surface area contributed by atoms with Crippen LogP contribution < -0.4 is 11.1 Å². The quantitative estimate of drug-likeness (QED) is 0.776. The molecule has 1 amide bonds. The van der Waals surface area contributed by atoms with Crippen molar-refractivity contribution in [3.63, 3.8) is 0 Å². The maximum absolute atomic E-state index is 12.1. The van der Waals surface area contributed by atoms with Gasteiger partial charge in [-0.25, -0.2) is 0 Å². The molecule has 2 aliphatic heterocycles. The summed E-state index contributed by atoms with van der Waals surface area (Å²) in [6.45, 7) is 5.62. The SMILES string of the molecule is CN1CCCC(N2CCCC(C(=O)NCCN)C2)CC1. The van der Waals surface area contributed by atoms with Crippen LogP contribution in [0, 0.1) is 5.92 Å². The molecule has 0 aliphatic carbocycles. The van der Waals surface area contributed by atoms with E-state index in [1.165, 1.54) is 32.4 Å². The van der Waals surface area contributed by atoms with Gasteiger partial charge in [-0.15, -0.1) is 0 Å². The lowest BCUT2D eigenvalue weighted by Crippen LogP contribution is -2.47. The van der Waals surface area contributed by atoms with Crippen LogP contribution in [0.2, 0.25) is 0 Å². The molecule has 0 aromatic carbocycles. The van der Waals surface area contributed by atoms with Crippen LogP contribution in [0.25, 0.3) is 0 Å². The van der Waals surface area contributed by atoms with Gasteiger partial charge < -0.3 is 16.0 Å². The zero-order valence-electron chi connectivity index (χ0n) is 12.8. The van der Waals surface area contributed by atoms with E-state index in [1.54, 1.807) is 0 Å². The van der Waals surface area contributed by atoms with Gasteiger partial charge in [-0.1, -0.05) is 0 Å². The Morgan fingerprint density at radius 1 is 1.20 bits per heavy atom. The number of carbonyl (C=O) groups is 1. The van der Waals surface area contributed by atoms with E-state index in [1.807, 2.05) is 0 Å². The first-order chi connectivity index (χ1) is 9.70. The Bertz CT molecular complexity index is 310. The molecule has 2 atom stereocenters. The smallest absolute Gasteiger partial charge is 0.224 e. The van der Waals surface area contributed by atoms with Crippen LogP contribution in [0.3, 0.4) is 0 Å². The fraction of sp³-hybridized carbons (Fsp3) is 0.933. The molecule has 2 fully saturated rings. The molecule has 0 saturated carbocycles. The number of amides is 1. The van der Waals surface area contributed by atoms with Gasteiger partial charge in [-0.05, 0) is 58.8 Å². The van der Waals surface area contributed by atoms with Crippen LogP contribution in [0.1, 0.15) is 32.1 Å². The average Bonchev–Trinajstić information content (AvgIpc) is 2.69. The highest BCUT2D eigenvalue weighted by molar-refractivity contribution is 5.78. The Balaban J connectivity index is 1.84. The Morgan fingerprint density at radius 3 is 2.80 bits per heavy atom. The van der Waals surface area contributed by atoms with Gasteiger partial charge in [-0.2, -0.15) is 0 Å². The number of nitrogens with zero attached hydrogens (tertiary/aromatic N) is 2. The van der Waals surface area contributed by atoms with Gasteiger partial charge in [0.15, 0.2) is 0 Å². The third kappa shape index (κ3) is 4.43. The maximum atomic E-state index is 12.1. The third-order valence-corrected chi connectivity index (χ3v) is 4.70. The lowest BCUT2D eigenvalue weighted by Gasteiger charge is -2.37. The molecule has 0 spiro atoms. The Labute approximate surface area is 122 Å². The second-order valence-electron chi connectivity index (χ2n) is 6.30. The average molecular weight is 282 g/mol. The van der Waals surface area contributed by atoms with Crippen molar-refractivity contribution < 1.29 is 4.79 Å². The summed E-state index contributed by atoms with van der Waals surface area (Å²) in [4.78, 5) is 17.1. The van der Waals surface area contributed by atoms with E-state index < -0.39 is 0 Å². The Morgan fingerprint density at radius 2 is 2.00 bits per heavy atom. The van der Waals surface area contributed by atoms with E-state index in [0.29, 0.717) is 19.1 Å². The molecule has 2 aliphatic rings. The summed E-state index contributed by atoms with van der Waals surface area (Å²) in [7, 11) is 2.21. The lowest BCUT2D eigenvalue weighted by molar-refractivity contribution is -0.127. The minimum Gasteiger partial charge on any atom is -0.355 e. The summed E-state index contributed by atoms with van der Waals surface area (Å²) in [6, 6.07) is 0.671. The van der Waals surface area contributed by atoms with Gasteiger partial charge in [0.05, 0.1) is 5.92 Å². The van der Waals surface area contributed by atoms with E-state index in [4.69, 9.17) is 5.73 Å². The van der Waals surface area contributed by atoms with E-state index in [-0.39, 0.29) is 11.8 Å². The van der Waals surface area contributed by atoms with Gasteiger partial charge in [0.25, 0.3) is 0 Å². The zero-order chi connectivity index (χ0) is 14.4. The molecule has 0 bridgehead atoms. The van der Waals surface area contributed by atoms with E-state index >= 15 is 0 Å². The van der Waals surface area contributed by atoms with Gasteiger partial charge in [0, 0.05) is 25.7 Å². The molecule has 2 saturated heterocycles. The van der Waals surface area contributed by atoms with Crippen molar-refractivity contribution >= 4 is 5.91 Å². The Kier molecular flexibility index (Phi) is 6.26. The molecule has 2 unspecified atom stereocenters. The van der Waals surface area contributed by atoms with E-state index in [9.17, 15) is 4.79 Å². The van der Waals surface area contributed by atoms with Crippen molar-refractivity contribution in [2.24, 2.45) is 11.7 Å². The predicted molar refractivity (Wildman–Crippen MR) is 81.5 cm³/mol. The van der Waals surface area contributed by atoms with Gasteiger partial charge in [0.1, 0.15) is 0 Å². The Hall–Kier alpha value is -0.650. The molecule has 3 N–H and O–H groups in total. The monoisotopic (exact) mass is 282 g/mol. The van der Waals surface area contributed by atoms with Crippen molar-refractivity contribution in [2.45, 2.75) is 38.1 Å². The molecule has 5 heteroatoms. The van der Waals surface area contributed by atoms with Gasteiger partial charge >= 0.3 is 0 Å². The molecule has 2 rings (SSSR count). The van der Waals surface area contributed by atoms with Crippen LogP contribution in [-0.4, -0.2) is 68.1 Å². The highest BCUT2D eigenvalue weighted by atomic mass is 16.1. The molecular weight excluding hydrogens is 252 g/mol. The lowest BCUT2D eigenvalue weighted by atomic mass is 9.94. The van der Waals surface area contributed by atoms with E-state index in [2.05, 4.69) is 22.2 Å². The van der Waals surface area contributed by atoms with Crippen molar-refractivity contribution in [1.29, 1.82) is 0 Å². The van der Waals surface area contributed by atoms with E-state index in [0.717, 1.165) is 25.9 Å².